The van der Waals surface area contributed by atoms with Crippen LogP contribution in [0.4, 0.5) is 0 Å². The van der Waals surface area contributed by atoms with Crippen LogP contribution in [-0.2, 0) is 9.53 Å². The molecule has 4 heteroatoms. The maximum atomic E-state index is 11.3. The quantitative estimate of drug-likeness (QED) is 0.352. The SMILES string of the molecule is CCOC(=O)/C=C(C)/C=C/C=C(\C)c1cc(Br)cc(Br)c1. The molecule has 0 saturated heterocycles. The second kappa shape index (κ2) is 9.00. The molecule has 0 aliphatic carbocycles. The Morgan fingerprint density at radius 2 is 1.81 bits per heavy atom. The molecule has 0 aliphatic rings. The lowest BCUT2D eigenvalue weighted by Crippen LogP contribution is -1.99. The number of rotatable bonds is 5. The number of carbonyl (C=O) groups is 1. The van der Waals surface area contributed by atoms with E-state index in [9.17, 15) is 4.79 Å². The Bertz CT molecular complexity index is 579. The van der Waals surface area contributed by atoms with Gasteiger partial charge in [-0.3, -0.25) is 0 Å². The molecule has 0 aromatic heterocycles. The largest absolute Gasteiger partial charge is 0.463 e. The highest BCUT2D eigenvalue weighted by Gasteiger charge is 1.99. The van der Waals surface area contributed by atoms with Crippen molar-refractivity contribution in [1.82, 2.24) is 0 Å². The maximum Gasteiger partial charge on any atom is 0.330 e. The summed E-state index contributed by atoms with van der Waals surface area (Å²) in [5, 5.41) is 0. The van der Waals surface area contributed by atoms with E-state index in [2.05, 4.69) is 44.0 Å². The molecule has 0 heterocycles. The van der Waals surface area contributed by atoms with E-state index in [0.717, 1.165) is 25.7 Å². The van der Waals surface area contributed by atoms with Crippen LogP contribution in [0.2, 0.25) is 0 Å². The first-order chi connectivity index (χ1) is 9.92. The van der Waals surface area contributed by atoms with E-state index in [1.807, 2.05) is 38.1 Å². The number of ether oxygens (including phenoxy) is 1. The van der Waals surface area contributed by atoms with Crippen molar-refractivity contribution in [2.75, 3.05) is 6.61 Å². The molecule has 0 fully saturated rings. The molecule has 0 amide bonds. The lowest BCUT2D eigenvalue weighted by molar-refractivity contribution is -0.137. The van der Waals surface area contributed by atoms with Crippen molar-refractivity contribution in [2.24, 2.45) is 0 Å². The summed E-state index contributed by atoms with van der Waals surface area (Å²) < 4.78 is 6.92. The van der Waals surface area contributed by atoms with Gasteiger partial charge in [-0.2, -0.15) is 0 Å². The van der Waals surface area contributed by atoms with Crippen LogP contribution in [0.5, 0.6) is 0 Å². The first-order valence-corrected chi connectivity index (χ1v) is 8.17. The molecule has 2 nitrogen and oxygen atoms in total. The zero-order valence-corrected chi connectivity index (χ0v) is 15.5. The van der Waals surface area contributed by atoms with Crippen molar-refractivity contribution >= 4 is 43.4 Å². The summed E-state index contributed by atoms with van der Waals surface area (Å²) in [4.78, 5) is 11.3. The summed E-state index contributed by atoms with van der Waals surface area (Å²) >= 11 is 6.96. The second-order valence-corrected chi connectivity index (χ2v) is 6.34. The monoisotopic (exact) mass is 412 g/mol. The minimum atomic E-state index is -0.309. The summed E-state index contributed by atoms with van der Waals surface area (Å²) in [5.41, 5.74) is 3.12. The molecular weight excluding hydrogens is 396 g/mol. The van der Waals surface area contributed by atoms with Gasteiger partial charge in [0.15, 0.2) is 0 Å². The third-order valence-corrected chi connectivity index (χ3v) is 3.57. The van der Waals surface area contributed by atoms with Crippen LogP contribution in [0.3, 0.4) is 0 Å². The first kappa shape index (κ1) is 17.9. The highest BCUT2D eigenvalue weighted by atomic mass is 79.9. The number of esters is 1. The number of hydrogen-bond acceptors (Lipinski definition) is 2. The van der Waals surface area contributed by atoms with Crippen LogP contribution in [-0.4, -0.2) is 12.6 Å². The molecule has 0 unspecified atom stereocenters. The van der Waals surface area contributed by atoms with Crippen molar-refractivity contribution in [3.05, 3.63) is 62.6 Å². The van der Waals surface area contributed by atoms with Crippen LogP contribution in [0.25, 0.3) is 5.57 Å². The molecule has 0 atom stereocenters. The number of benzene rings is 1. The van der Waals surface area contributed by atoms with Crippen molar-refractivity contribution in [1.29, 1.82) is 0 Å². The van der Waals surface area contributed by atoms with Gasteiger partial charge >= 0.3 is 5.97 Å². The molecule has 1 aromatic carbocycles. The van der Waals surface area contributed by atoms with Gasteiger partial charge < -0.3 is 4.74 Å². The third-order valence-electron chi connectivity index (χ3n) is 2.66. The number of halogens is 2. The average Bonchev–Trinajstić information content (AvgIpc) is 2.37. The van der Waals surface area contributed by atoms with Crippen molar-refractivity contribution in [3.8, 4) is 0 Å². The van der Waals surface area contributed by atoms with E-state index in [1.165, 1.54) is 6.08 Å². The van der Waals surface area contributed by atoms with Gasteiger partial charge in [0.2, 0.25) is 0 Å². The first-order valence-electron chi connectivity index (χ1n) is 6.59. The van der Waals surface area contributed by atoms with Gasteiger partial charge in [-0.1, -0.05) is 50.1 Å². The van der Waals surface area contributed by atoms with Crippen LogP contribution < -0.4 is 0 Å². The van der Waals surface area contributed by atoms with E-state index in [0.29, 0.717) is 6.61 Å². The highest BCUT2D eigenvalue weighted by Crippen LogP contribution is 2.24. The van der Waals surface area contributed by atoms with E-state index in [4.69, 9.17) is 4.74 Å². The van der Waals surface area contributed by atoms with Gasteiger partial charge in [-0.15, -0.1) is 0 Å². The van der Waals surface area contributed by atoms with E-state index in [-0.39, 0.29) is 5.97 Å². The summed E-state index contributed by atoms with van der Waals surface area (Å²) in [7, 11) is 0. The fourth-order valence-electron chi connectivity index (χ4n) is 1.64. The standard InChI is InChI=1S/C17H18Br2O2/c1-4-21-17(20)8-12(2)6-5-7-13(3)14-9-15(18)11-16(19)10-14/h5-11H,4H2,1-3H3/b6-5+,12-8+,13-7+. The van der Waals surface area contributed by atoms with Crippen LogP contribution in [0.15, 0.2) is 57.0 Å². The minimum Gasteiger partial charge on any atom is -0.463 e. The normalized spacial score (nSPS) is 12.8. The Kier molecular flexibility index (Phi) is 7.68. The minimum absolute atomic E-state index is 0.309. The average molecular weight is 414 g/mol. The van der Waals surface area contributed by atoms with Gasteiger partial charge in [0.25, 0.3) is 0 Å². The summed E-state index contributed by atoms with van der Waals surface area (Å²) in [6.45, 7) is 6.09. The highest BCUT2D eigenvalue weighted by molar-refractivity contribution is 9.11. The smallest absolute Gasteiger partial charge is 0.330 e. The molecule has 0 spiro atoms. The Morgan fingerprint density at radius 3 is 2.38 bits per heavy atom. The van der Waals surface area contributed by atoms with E-state index >= 15 is 0 Å². The number of hydrogen-bond donors (Lipinski definition) is 0. The van der Waals surface area contributed by atoms with E-state index in [1.54, 1.807) is 6.92 Å². The van der Waals surface area contributed by atoms with Crippen molar-refractivity contribution < 1.29 is 9.53 Å². The lowest BCUT2D eigenvalue weighted by Gasteiger charge is -2.03. The fourth-order valence-corrected chi connectivity index (χ4v) is 2.93. The third kappa shape index (κ3) is 6.91. The Labute approximate surface area is 142 Å². The van der Waals surface area contributed by atoms with Gasteiger partial charge in [-0.05, 0) is 55.7 Å². The Morgan fingerprint density at radius 1 is 1.19 bits per heavy atom. The van der Waals surface area contributed by atoms with Gasteiger partial charge in [-0.25, -0.2) is 4.79 Å². The van der Waals surface area contributed by atoms with Gasteiger partial charge in [0.05, 0.1) is 6.61 Å². The molecule has 0 bridgehead atoms. The van der Waals surface area contributed by atoms with Crippen molar-refractivity contribution in [3.63, 3.8) is 0 Å². The Hall–Kier alpha value is -1.13. The van der Waals surface area contributed by atoms with Gasteiger partial charge in [0, 0.05) is 15.0 Å². The topological polar surface area (TPSA) is 26.3 Å². The molecule has 0 radical (unpaired) electrons. The second-order valence-electron chi connectivity index (χ2n) is 4.51. The molecule has 1 aromatic rings. The van der Waals surface area contributed by atoms with Crippen LogP contribution >= 0.6 is 31.9 Å². The molecular formula is C17H18Br2O2. The maximum absolute atomic E-state index is 11.3. The van der Waals surface area contributed by atoms with Crippen LogP contribution in [0.1, 0.15) is 26.3 Å². The van der Waals surface area contributed by atoms with E-state index < -0.39 is 0 Å². The molecule has 1 rings (SSSR count). The summed E-state index contributed by atoms with van der Waals surface area (Å²) in [5.74, 6) is -0.309. The molecule has 0 aliphatic heterocycles. The number of allylic oxidation sites excluding steroid dienone is 5. The molecule has 21 heavy (non-hydrogen) atoms. The summed E-state index contributed by atoms with van der Waals surface area (Å²) in [6, 6.07) is 6.12. The molecule has 112 valence electrons. The van der Waals surface area contributed by atoms with Crippen LogP contribution in [0, 0.1) is 0 Å². The predicted molar refractivity (Wildman–Crippen MR) is 95.0 cm³/mol. The molecule has 0 saturated carbocycles. The molecule has 0 N–H and O–H groups in total. The van der Waals surface area contributed by atoms with Gasteiger partial charge in [0.1, 0.15) is 0 Å². The zero-order valence-electron chi connectivity index (χ0n) is 12.3. The fraction of sp³-hybridized carbons (Fsp3) is 0.235. The lowest BCUT2D eigenvalue weighted by atomic mass is 10.1. The van der Waals surface area contributed by atoms with Crippen molar-refractivity contribution in [2.45, 2.75) is 20.8 Å². The summed E-state index contributed by atoms with van der Waals surface area (Å²) in [6.07, 6.45) is 7.30. The number of carbonyl (C=O) groups excluding carboxylic acids is 1. The Balaban J connectivity index is 2.79. The zero-order chi connectivity index (χ0) is 15.8. The predicted octanol–water partition coefficient (Wildman–Crippen LogP) is 5.68.